The van der Waals surface area contributed by atoms with Gasteiger partial charge in [-0.05, 0) is 12.1 Å². The van der Waals surface area contributed by atoms with Gasteiger partial charge in [0, 0.05) is 18.0 Å². The molecule has 1 aliphatic heterocycles. The summed E-state index contributed by atoms with van der Waals surface area (Å²) in [5, 5.41) is 6.66. The van der Waals surface area contributed by atoms with Crippen molar-refractivity contribution in [1.29, 1.82) is 0 Å². The van der Waals surface area contributed by atoms with Crippen LogP contribution in [0.15, 0.2) is 24.4 Å². The van der Waals surface area contributed by atoms with Crippen LogP contribution < -0.4 is 10.1 Å². The lowest BCUT2D eigenvalue weighted by Crippen LogP contribution is -2.36. The highest BCUT2D eigenvalue weighted by Gasteiger charge is 2.46. The number of rotatable bonds is 3. The zero-order valence-corrected chi connectivity index (χ0v) is 11.2. The molecule has 22 heavy (non-hydrogen) atoms. The van der Waals surface area contributed by atoms with Gasteiger partial charge in [-0.1, -0.05) is 0 Å². The second-order valence-electron chi connectivity index (χ2n) is 5.14. The smallest absolute Gasteiger partial charge is 0.408 e. The van der Waals surface area contributed by atoms with E-state index in [2.05, 4.69) is 10.4 Å². The second kappa shape index (κ2) is 5.08. The minimum Gasteiger partial charge on any atom is -0.483 e. The summed E-state index contributed by atoms with van der Waals surface area (Å²) in [7, 11) is 0. The maximum Gasteiger partial charge on any atom is 0.408 e. The van der Waals surface area contributed by atoms with Crippen LogP contribution >= 0.6 is 0 Å². The van der Waals surface area contributed by atoms with Gasteiger partial charge in [0.25, 0.3) is 5.92 Å². The second-order valence-corrected chi connectivity index (χ2v) is 5.14. The van der Waals surface area contributed by atoms with Crippen molar-refractivity contribution in [2.75, 3.05) is 13.1 Å². The van der Waals surface area contributed by atoms with Crippen LogP contribution in [0.5, 0.6) is 5.75 Å². The van der Waals surface area contributed by atoms with Crippen molar-refractivity contribution in [2.45, 2.75) is 24.7 Å². The van der Waals surface area contributed by atoms with E-state index in [1.54, 1.807) is 0 Å². The molecule has 9 heteroatoms. The Morgan fingerprint density at radius 3 is 2.77 bits per heavy atom. The van der Waals surface area contributed by atoms with E-state index in [0.29, 0.717) is 5.39 Å². The highest BCUT2D eigenvalue weighted by Crippen LogP contribution is 2.29. The summed E-state index contributed by atoms with van der Waals surface area (Å²) < 4.78 is 70.4. The lowest BCUT2D eigenvalue weighted by atomic mass is 10.2. The van der Waals surface area contributed by atoms with Crippen LogP contribution in [-0.2, 0) is 6.54 Å². The monoisotopic (exact) mass is 321 g/mol. The molecule has 0 radical (unpaired) electrons. The van der Waals surface area contributed by atoms with E-state index in [0.717, 1.165) is 4.68 Å². The van der Waals surface area contributed by atoms with Gasteiger partial charge in [-0.15, -0.1) is 0 Å². The average Bonchev–Trinajstić information content (AvgIpc) is 2.93. The van der Waals surface area contributed by atoms with Gasteiger partial charge in [0.1, 0.15) is 12.3 Å². The first kappa shape index (κ1) is 15.0. The van der Waals surface area contributed by atoms with E-state index < -0.39 is 31.3 Å². The van der Waals surface area contributed by atoms with Crippen molar-refractivity contribution in [3.8, 4) is 5.75 Å². The van der Waals surface area contributed by atoms with Crippen molar-refractivity contribution in [3.63, 3.8) is 0 Å². The molecule has 1 aromatic carbocycles. The van der Waals surface area contributed by atoms with E-state index in [-0.39, 0.29) is 17.8 Å². The number of ether oxygens (including phenoxy) is 1. The van der Waals surface area contributed by atoms with Crippen LogP contribution in [0.2, 0.25) is 0 Å². The van der Waals surface area contributed by atoms with E-state index in [1.807, 2.05) is 0 Å². The number of hydrogen-bond donors (Lipinski definition) is 1. The van der Waals surface area contributed by atoms with Crippen LogP contribution in [0.1, 0.15) is 0 Å². The molecule has 1 fully saturated rings. The van der Waals surface area contributed by atoms with E-state index >= 15 is 0 Å². The van der Waals surface area contributed by atoms with Gasteiger partial charge in [0.05, 0.1) is 18.3 Å². The van der Waals surface area contributed by atoms with E-state index in [4.69, 9.17) is 4.74 Å². The first-order chi connectivity index (χ1) is 10.2. The van der Waals surface area contributed by atoms with Gasteiger partial charge in [-0.25, -0.2) is 8.78 Å². The molecule has 2 heterocycles. The Kier molecular flexibility index (Phi) is 3.47. The average molecular weight is 321 g/mol. The first-order valence-electron chi connectivity index (χ1n) is 6.52. The summed E-state index contributed by atoms with van der Waals surface area (Å²) in [4.78, 5) is 0. The SMILES string of the molecule is FC(F)(F)Cn1ncc2ccc(O[C@H]3CNCC3(F)F)cc21. The molecule has 4 nitrogen and oxygen atoms in total. The summed E-state index contributed by atoms with van der Waals surface area (Å²) >= 11 is 0. The lowest BCUT2D eigenvalue weighted by Gasteiger charge is -2.19. The number of fused-ring (bicyclic) bond motifs is 1. The van der Waals surface area contributed by atoms with Crippen molar-refractivity contribution in [1.82, 2.24) is 15.1 Å². The fourth-order valence-corrected chi connectivity index (χ4v) is 2.34. The summed E-state index contributed by atoms with van der Waals surface area (Å²) in [6, 6.07) is 4.23. The van der Waals surface area contributed by atoms with Crippen LogP contribution in [0.3, 0.4) is 0 Å². The van der Waals surface area contributed by atoms with Gasteiger partial charge < -0.3 is 10.1 Å². The number of hydrogen-bond acceptors (Lipinski definition) is 3. The van der Waals surface area contributed by atoms with E-state index in [9.17, 15) is 22.0 Å². The molecule has 0 aliphatic carbocycles. The number of nitrogens with one attached hydrogen (secondary N) is 1. The van der Waals surface area contributed by atoms with Gasteiger partial charge in [-0.2, -0.15) is 18.3 Å². The van der Waals surface area contributed by atoms with Crippen molar-refractivity contribution in [3.05, 3.63) is 24.4 Å². The molecule has 1 N–H and O–H groups in total. The molecular weight excluding hydrogens is 309 g/mol. The molecule has 0 unspecified atom stereocenters. The molecule has 0 bridgehead atoms. The maximum absolute atomic E-state index is 13.5. The predicted octanol–water partition coefficient (Wildman–Crippen LogP) is 2.58. The minimum absolute atomic E-state index is 0.0210. The molecular formula is C13H12F5N3O. The molecule has 1 aromatic heterocycles. The Morgan fingerprint density at radius 2 is 2.14 bits per heavy atom. The molecule has 1 atom stereocenters. The van der Waals surface area contributed by atoms with Crippen LogP contribution in [0, 0.1) is 0 Å². The number of halogens is 5. The fraction of sp³-hybridized carbons (Fsp3) is 0.462. The zero-order valence-electron chi connectivity index (χ0n) is 11.2. The van der Waals surface area contributed by atoms with E-state index in [1.165, 1.54) is 24.4 Å². The molecule has 3 rings (SSSR count). The van der Waals surface area contributed by atoms with Crippen molar-refractivity contribution in [2.24, 2.45) is 0 Å². The Balaban J connectivity index is 1.87. The Labute approximate surface area is 121 Å². The van der Waals surface area contributed by atoms with Gasteiger partial charge in [-0.3, -0.25) is 4.68 Å². The molecule has 1 aliphatic rings. The number of aromatic nitrogens is 2. The normalized spacial score (nSPS) is 21.4. The third-order valence-electron chi connectivity index (χ3n) is 3.39. The Hall–Kier alpha value is -1.90. The quantitative estimate of drug-likeness (QED) is 0.883. The van der Waals surface area contributed by atoms with Crippen LogP contribution in [-0.4, -0.2) is 41.1 Å². The molecule has 0 amide bonds. The summed E-state index contributed by atoms with van der Waals surface area (Å²) in [6.07, 6.45) is -4.47. The third-order valence-corrected chi connectivity index (χ3v) is 3.39. The molecule has 120 valence electrons. The minimum atomic E-state index is -4.42. The topological polar surface area (TPSA) is 39.1 Å². The highest BCUT2D eigenvalue weighted by atomic mass is 19.4. The highest BCUT2D eigenvalue weighted by molar-refractivity contribution is 5.80. The lowest BCUT2D eigenvalue weighted by molar-refractivity contribution is -0.141. The Bertz CT molecular complexity index is 682. The molecule has 2 aromatic rings. The van der Waals surface area contributed by atoms with Crippen molar-refractivity contribution < 1.29 is 26.7 Å². The van der Waals surface area contributed by atoms with Gasteiger partial charge >= 0.3 is 6.18 Å². The van der Waals surface area contributed by atoms with Gasteiger partial charge in [0.15, 0.2) is 6.10 Å². The van der Waals surface area contributed by atoms with Crippen LogP contribution in [0.4, 0.5) is 22.0 Å². The summed E-state index contributed by atoms with van der Waals surface area (Å²) in [5.74, 6) is -2.92. The number of benzene rings is 1. The molecule has 0 saturated carbocycles. The largest absolute Gasteiger partial charge is 0.483 e. The van der Waals surface area contributed by atoms with Crippen molar-refractivity contribution >= 4 is 10.9 Å². The number of alkyl halides is 5. The summed E-state index contributed by atoms with van der Waals surface area (Å²) in [6.45, 7) is -1.75. The first-order valence-corrected chi connectivity index (χ1v) is 6.52. The number of nitrogens with zero attached hydrogens (tertiary/aromatic N) is 2. The zero-order chi connectivity index (χ0) is 16.0. The Morgan fingerprint density at radius 1 is 1.36 bits per heavy atom. The molecule has 0 spiro atoms. The van der Waals surface area contributed by atoms with Gasteiger partial charge in [0.2, 0.25) is 0 Å². The maximum atomic E-state index is 13.5. The third kappa shape index (κ3) is 2.99. The van der Waals surface area contributed by atoms with Crippen LogP contribution in [0.25, 0.3) is 10.9 Å². The fourth-order valence-electron chi connectivity index (χ4n) is 2.34. The predicted molar refractivity (Wildman–Crippen MR) is 68.0 cm³/mol. The standard InChI is InChI=1S/C13H12F5N3O/c14-12(15)6-19-5-11(12)22-9-2-1-8-4-20-21(10(8)3-9)7-13(16,17)18/h1-4,11,19H,5-7H2/t11-/m0/s1. The molecule has 1 saturated heterocycles. The summed E-state index contributed by atoms with van der Waals surface area (Å²) in [5.41, 5.74) is 0.184.